The standard InChI is InChI=1S/C20H15N/c21-15-10-11-18-16-8-4-5-9-17(16)19(20(18)13-15)12-14-6-2-1-3-7-14/h1-13H,21H2/b19-12-. The van der Waals surface area contributed by atoms with E-state index in [1.54, 1.807) is 0 Å². The van der Waals surface area contributed by atoms with Crippen LogP contribution in [0.4, 0.5) is 5.69 Å². The number of nitrogens with two attached hydrogens (primary N) is 1. The molecule has 1 aliphatic carbocycles. The second kappa shape index (κ2) is 4.64. The Morgan fingerprint density at radius 3 is 2.10 bits per heavy atom. The molecule has 1 heteroatoms. The quantitative estimate of drug-likeness (QED) is 0.492. The van der Waals surface area contributed by atoms with Crippen molar-refractivity contribution in [1.29, 1.82) is 0 Å². The van der Waals surface area contributed by atoms with Crippen LogP contribution in [0.15, 0.2) is 72.8 Å². The summed E-state index contributed by atoms with van der Waals surface area (Å²) < 4.78 is 0. The van der Waals surface area contributed by atoms with Crippen molar-refractivity contribution in [2.45, 2.75) is 0 Å². The minimum Gasteiger partial charge on any atom is -0.399 e. The van der Waals surface area contributed by atoms with Crippen LogP contribution in [0.5, 0.6) is 0 Å². The number of benzene rings is 3. The molecule has 100 valence electrons. The van der Waals surface area contributed by atoms with Gasteiger partial charge in [-0.1, -0.05) is 60.7 Å². The SMILES string of the molecule is Nc1ccc2c(c1)/C(=C\c1ccccc1)c1ccccc1-2. The second-order valence-corrected chi connectivity index (χ2v) is 5.32. The summed E-state index contributed by atoms with van der Waals surface area (Å²) in [7, 11) is 0. The van der Waals surface area contributed by atoms with E-state index >= 15 is 0 Å². The first-order valence-electron chi connectivity index (χ1n) is 7.09. The van der Waals surface area contributed by atoms with Gasteiger partial charge < -0.3 is 5.73 Å². The molecule has 1 nitrogen and oxygen atoms in total. The maximum atomic E-state index is 5.99. The van der Waals surface area contributed by atoms with Gasteiger partial charge in [-0.2, -0.15) is 0 Å². The lowest BCUT2D eigenvalue weighted by Crippen LogP contribution is -1.87. The Kier molecular flexibility index (Phi) is 2.65. The van der Waals surface area contributed by atoms with Gasteiger partial charge in [0.2, 0.25) is 0 Å². The van der Waals surface area contributed by atoms with Crippen molar-refractivity contribution in [3.63, 3.8) is 0 Å². The Bertz CT molecular complexity index is 845. The molecule has 0 saturated carbocycles. The van der Waals surface area contributed by atoms with Crippen LogP contribution in [0.25, 0.3) is 22.8 Å². The Hall–Kier alpha value is -2.80. The first-order valence-corrected chi connectivity index (χ1v) is 7.09. The third kappa shape index (κ3) is 1.95. The Balaban J connectivity index is 1.99. The van der Waals surface area contributed by atoms with E-state index in [1.807, 2.05) is 12.1 Å². The summed E-state index contributed by atoms with van der Waals surface area (Å²) in [6.07, 6.45) is 2.24. The van der Waals surface area contributed by atoms with Crippen molar-refractivity contribution in [3.05, 3.63) is 89.5 Å². The smallest absolute Gasteiger partial charge is 0.0320 e. The summed E-state index contributed by atoms with van der Waals surface area (Å²) in [6, 6.07) is 25.1. The average Bonchev–Trinajstić information content (AvgIpc) is 2.82. The molecule has 3 aromatic carbocycles. The molecule has 4 rings (SSSR count). The maximum absolute atomic E-state index is 5.99. The molecule has 0 bridgehead atoms. The van der Waals surface area contributed by atoms with E-state index in [-0.39, 0.29) is 0 Å². The van der Waals surface area contributed by atoms with Gasteiger partial charge in [0.15, 0.2) is 0 Å². The van der Waals surface area contributed by atoms with Crippen LogP contribution in [0.2, 0.25) is 0 Å². The van der Waals surface area contributed by atoms with Crippen molar-refractivity contribution < 1.29 is 0 Å². The second-order valence-electron chi connectivity index (χ2n) is 5.32. The fourth-order valence-corrected chi connectivity index (χ4v) is 2.99. The van der Waals surface area contributed by atoms with Crippen LogP contribution in [-0.4, -0.2) is 0 Å². The summed E-state index contributed by atoms with van der Waals surface area (Å²) in [4.78, 5) is 0. The fourth-order valence-electron chi connectivity index (χ4n) is 2.99. The van der Waals surface area contributed by atoms with Crippen molar-refractivity contribution in [2.24, 2.45) is 0 Å². The van der Waals surface area contributed by atoms with Gasteiger partial charge in [0.05, 0.1) is 0 Å². The van der Waals surface area contributed by atoms with E-state index in [0.717, 1.165) is 5.69 Å². The first-order chi connectivity index (χ1) is 10.3. The molecular weight excluding hydrogens is 254 g/mol. The number of rotatable bonds is 1. The van der Waals surface area contributed by atoms with Crippen LogP contribution >= 0.6 is 0 Å². The summed E-state index contributed by atoms with van der Waals surface area (Å²) in [6.45, 7) is 0. The normalized spacial score (nSPS) is 14.0. The Morgan fingerprint density at radius 2 is 1.29 bits per heavy atom. The number of fused-ring (bicyclic) bond motifs is 3. The molecule has 0 aliphatic heterocycles. The van der Waals surface area contributed by atoms with E-state index < -0.39 is 0 Å². The number of hydrogen-bond acceptors (Lipinski definition) is 1. The van der Waals surface area contributed by atoms with Crippen LogP contribution in [0.1, 0.15) is 16.7 Å². The lowest BCUT2D eigenvalue weighted by molar-refractivity contribution is 1.63. The van der Waals surface area contributed by atoms with Gasteiger partial charge in [0.25, 0.3) is 0 Å². The molecule has 0 spiro atoms. The number of nitrogen functional groups attached to an aromatic ring is 1. The molecule has 2 N–H and O–H groups in total. The van der Waals surface area contributed by atoms with E-state index in [1.165, 1.54) is 33.4 Å². The lowest BCUT2D eigenvalue weighted by Gasteiger charge is -2.04. The van der Waals surface area contributed by atoms with Gasteiger partial charge in [-0.3, -0.25) is 0 Å². The van der Waals surface area contributed by atoms with Crippen molar-refractivity contribution in [2.75, 3.05) is 5.73 Å². The Morgan fingerprint density at radius 1 is 0.619 bits per heavy atom. The predicted octanol–water partition coefficient (Wildman–Crippen LogP) is 4.84. The third-order valence-corrected chi connectivity index (χ3v) is 3.95. The van der Waals surface area contributed by atoms with Crippen LogP contribution < -0.4 is 5.73 Å². The van der Waals surface area contributed by atoms with Gasteiger partial charge in [0, 0.05) is 5.69 Å². The van der Waals surface area contributed by atoms with Crippen LogP contribution in [0, 0.1) is 0 Å². The van der Waals surface area contributed by atoms with E-state index in [4.69, 9.17) is 5.73 Å². The molecule has 0 amide bonds. The third-order valence-electron chi connectivity index (χ3n) is 3.95. The maximum Gasteiger partial charge on any atom is 0.0320 e. The van der Waals surface area contributed by atoms with Gasteiger partial charge >= 0.3 is 0 Å². The van der Waals surface area contributed by atoms with Crippen molar-refractivity contribution in [1.82, 2.24) is 0 Å². The molecular formula is C20H15N. The number of anilines is 1. The van der Waals surface area contributed by atoms with Gasteiger partial charge in [-0.05, 0) is 51.6 Å². The molecule has 0 unspecified atom stereocenters. The minimum absolute atomic E-state index is 0.806. The highest BCUT2D eigenvalue weighted by Crippen LogP contribution is 2.45. The topological polar surface area (TPSA) is 26.0 Å². The van der Waals surface area contributed by atoms with Gasteiger partial charge in [-0.15, -0.1) is 0 Å². The molecule has 21 heavy (non-hydrogen) atoms. The first kappa shape index (κ1) is 12.0. The van der Waals surface area contributed by atoms with Gasteiger partial charge in [0.1, 0.15) is 0 Å². The van der Waals surface area contributed by atoms with Crippen LogP contribution in [-0.2, 0) is 0 Å². The average molecular weight is 269 g/mol. The molecule has 0 fully saturated rings. The zero-order chi connectivity index (χ0) is 14.2. The molecule has 0 saturated heterocycles. The zero-order valence-electron chi connectivity index (χ0n) is 11.6. The molecule has 3 aromatic rings. The molecule has 0 heterocycles. The Labute approximate surface area is 124 Å². The molecule has 0 atom stereocenters. The fraction of sp³-hybridized carbons (Fsp3) is 0. The van der Waals surface area contributed by atoms with E-state index in [2.05, 4.69) is 66.7 Å². The predicted molar refractivity (Wildman–Crippen MR) is 89.7 cm³/mol. The summed E-state index contributed by atoms with van der Waals surface area (Å²) >= 11 is 0. The van der Waals surface area contributed by atoms with Crippen LogP contribution in [0.3, 0.4) is 0 Å². The highest BCUT2D eigenvalue weighted by molar-refractivity contribution is 6.07. The van der Waals surface area contributed by atoms with E-state index in [0.29, 0.717) is 0 Å². The lowest BCUT2D eigenvalue weighted by atomic mass is 10.0. The van der Waals surface area contributed by atoms with E-state index in [9.17, 15) is 0 Å². The van der Waals surface area contributed by atoms with Crippen molar-refractivity contribution >= 4 is 17.3 Å². The summed E-state index contributed by atoms with van der Waals surface area (Å²) in [5.41, 5.74) is 14.3. The number of hydrogen-bond donors (Lipinski definition) is 1. The summed E-state index contributed by atoms with van der Waals surface area (Å²) in [5, 5.41) is 0. The summed E-state index contributed by atoms with van der Waals surface area (Å²) in [5.74, 6) is 0. The van der Waals surface area contributed by atoms with Gasteiger partial charge in [-0.25, -0.2) is 0 Å². The zero-order valence-corrected chi connectivity index (χ0v) is 11.6. The molecule has 1 aliphatic rings. The molecule has 0 radical (unpaired) electrons. The highest BCUT2D eigenvalue weighted by Gasteiger charge is 2.22. The van der Waals surface area contributed by atoms with Crippen molar-refractivity contribution in [3.8, 4) is 11.1 Å². The minimum atomic E-state index is 0.806. The largest absolute Gasteiger partial charge is 0.399 e. The highest BCUT2D eigenvalue weighted by atomic mass is 14.5. The molecule has 0 aromatic heterocycles. The monoisotopic (exact) mass is 269 g/mol.